The first-order valence-electron chi connectivity index (χ1n) is 8.78. The van der Waals surface area contributed by atoms with Gasteiger partial charge < -0.3 is 16.0 Å². The number of amides is 1. The molecule has 0 saturated heterocycles. The summed E-state index contributed by atoms with van der Waals surface area (Å²) >= 11 is 0. The number of H-pyrrole nitrogens is 1. The Morgan fingerprint density at radius 1 is 1.28 bits per heavy atom. The van der Waals surface area contributed by atoms with Gasteiger partial charge in [0.1, 0.15) is 0 Å². The molecule has 1 amide bonds. The van der Waals surface area contributed by atoms with Crippen LogP contribution >= 0.6 is 0 Å². The minimum Gasteiger partial charge on any atom is -0.398 e. The highest BCUT2D eigenvalue weighted by Gasteiger charge is 2.18. The van der Waals surface area contributed by atoms with Crippen LogP contribution in [0.3, 0.4) is 0 Å². The number of nitrogens with one attached hydrogen (secondary N) is 2. The van der Waals surface area contributed by atoms with E-state index in [0.717, 1.165) is 30.3 Å². The van der Waals surface area contributed by atoms with E-state index in [9.17, 15) is 4.79 Å². The topological polar surface area (TPSA) is 83.8 Å². The van der Waals surface area contributed by atoms with Gasteiger partial charge in [0, 0.05) is 12.2 Å². The second-order valence-corrected chi connectivity index (χ2v) is 6.78. The van der Waals surface area contributed by atoms with Crippen molar-refractivity contribution in [3.05, 3.63) is 59.4 Å². The minimum atomic E-state index is -0.120. The van der Waals surface area contributed by atoms with Crippen LogP contribution in [-0.2, 0) is 12.8 Å². The Balaban J connectivity index is 1.35. The minimum absolute atomic E-state index is 0.120. The first-order valence-corrected chi connectivity index (χ1v) is 8.78. The normalized spacial score (nSPS) is 16.6. The van der Waals surface area contributed by atoms with Crippen LogP contribution in [0.15, 0.2) is 42.7 Å². The fourth-order valence-electron chi connectivity index (χ4n) is 3.70. The largest absolute Gasteiger partial charge is 0.398 e. The summed E-state index contributed by atoms with van der Waals surface area (Å²) in [5.41, 5.74) is 11.5. The summed E-state index contributed by atoms with van der Waals surface area (Å²) in [5, 5.41) is 3.01. The molecule has 1 aliphatic carbocycles. The van der Waals surface area contributed by atoms with Crippen molar-refractivity contribution in [3.8, 4) is 0 Å². The lowest BCUT2D eigenvalue weighted by Gasteiger charge is -2.24. The molecule has 0 saturated carbocycles. The van der Waals surface area contributed by atoms with Crippen molar-refractivity contribution in [1.82, 2.24) is 15.3 Å². The Morgan fingerprint density at radius 3 is 3.00 bits per heavy atom. The number of nitrogen functional groups attached to an aromatic ring is 1. The molecule has 2 aromatic carbocycles. The van der Waals surface area contributed by atoms with E-state index in [4.69, 9.17) is 5.73 Å². The molecular formula is C20H22N4O. The lowest BCUT2D eigenvalue weighted by molar-refractivity contribution is 0.0952. The average molecular weight is 334 g/mol. The molecule has 0 spiro atoms. The number of hydrogen-bond donors (Lipinski definition) is 3. The third-order valence-corrected chi connectivity index (χ3v) is 5.12. The Morgan fingerprint density at radius 2 is 2.12 bits per heavy atom. The van der Waals surface area contributed by atoms with Gasteiger partial charge in [-0.3, -0.25) is 4.79 Å². The monoisotopic (exact) mass is 334 g/mol. The summed E-state index contributed by atoms with van der Waals surface area (Å²) in [4.78, 5) is 19.6. The number of aromatic amines is 1. The number of carbonyl (C=O) groups is 1. The van der Waals surface area contributed by atoms with E-state index in [2.05, 4.69) is 39.6 Å². The molecule has 0 bridgehead atoms. The van der Waals surface area contributed by atoms with Crippen molar-refractivity contribution in [3.63, 3.8) is 0 Å². The smallest absolute Gasteiger partial charge is 0.253 e. The number of benzene rings is 2. The van der Waals surface area contributed by atoms with Gasteiger partial charge in [-0.2, -0.15) is 0 Å². The molecule has 1 heterocycles. The molecule has 3 aromatic rings. The summed E-state index contributed by atoms with van der Waals surface area (Å²) < 4.78 is 0. The molecule has 1 atom stereocenters. The van der Waals surface area contributed by atoms with E-state index < -0.39 is 0 Å². The molecule has 1 unspecified atom stereocenters. The molecule has 1 aromatic heterocycles. The molecule has 1 aliphatic rings. The number of nitrogens with zero attached hydrogens (tertiary/aromatic N) is 1. The summed E-state index contributed by atoms with van der Waals surface area (Å²) in [7, 11) is 0. The van der Waals surface area contributed by atoms with Crippen LogP contribution < -0.4 is 11.1 Å². The number of aromatic nitrogens is 2. The Hall–Kier alpha value is -2.82. The van der Waals surface area contributed by atoms with E-state index in [1.54, 1.807) is 18.5 Å². The van der Waals surface area contributed by atoms with E-state index in [-0.39, 0.29) is 5.91 Å². The zero-order chi connectivity index (χ0) is 17.2. The predicted molar refractivity (Wildman–Crippen MR) is 99.4 cm³/mol. The fourth-order valence-corrected chi connectivity index (χ4v) is 3.70. The van der Waals surface area contributed by atoms with Gasteiger partial charge in [-0.25, -0.2) is 4.98 Å². The third-order valence-electron chi connectivity index (χ3n) is 5.12. The lowest BCUT2D eigenvalue weighted by atomic mass is 9.82. The highest BCUT2D eigenvalue weighted by atomic mass is 16.1. The SMILES string of the molecule is Nc1cc2nc[nH]c2cc1C(=O)NCCC1CCc2ccccc2C1. The van der Waals surface area contributed by atoms with Crippen molar-refractivity contribution in [2.24, 2.45) is 5.92 Å². The van der Waals surface area contributed by atoms with Crippen LogP contribution in [0.5, 0.6) is 0 Å². The Bertz CT molecular complexity index is 915. The fraction of sp³-hybridized carbons (Fsp3) is 0.300. The molecular weight excluding hydrogens is 312 g/mol. The number of anilines is 1. The predicted octanol–water partition coefficient (Wildman–Crippen LogP) is 3.07. The third kappa shape index (κ3) is 3.22. The maximum Gasteiger partial charge on any atom is 0.253 e. The summed E-state index contributed by atoms with van der Waals surface area (Å²) in [6.07, 6.45) is 6.03. The number of rotatable bonds is 4. The zero-order valence-electron chi connectivity index (χ0n) is 14.1. The van der Waals surface area contributed by atoms with Crippen molar-refractivity contribution < 1.29 is 4.79 Å². The Kier molecular flexibility index (Phi) is 4.14. The molecule has 5 nitrogen and oxygen atoms in total. The van der Waals surface area contributed by atoms with Crippen LogP contribution in [0.25, 0.3) is 11.0 Å². The summed E-state index contributed by atoms with van der Waals surface area (Å²) in [5.74, 6) is 0.507. The van der Waals surface area contributed by atoms with E-state index in [0.29, 0.717) is 23.7 Å². The number of hydrogen-bond acceptors (Lipinski definition) is 3. The van der Waals surface area contributed by atoms with Gasteiger partial charge >= 0.3 is 0 Å². The number of imidazole rings is 1. The Labute approximate surface area is 146 Å². The molecule has 128 valence electrons. The summed E-state index contributed by atoms with van der Waals surface area (Å²) in [6.45, 7) is 0.673. The number of aryl methyl sites for hydroxylation is 1. The van der Waals surface area contributed by atoms with E-state index in [1.807, 2.05) is 0 Å². The average Bonchev–Trinajstić information content (AvgIpc) is 3.08. The highest BCUT2D eigenvalue weighted by Crippen LogP contribution is 2.27. The molecule has 0 radical (unpaired) electrons. The molecule has 25 heavy (non-hydrogen) atoms. The molecule has 4 rings (SSSR count). The van der Waals surface area contributed by atoms with Crippen LogP contribution in [-0.4, -0.2) is 22.4 Å². The zero-order valence-corrected chi connectivity index (χ0v) is 14.1. The molecule has 0 aliphatic heterocycles. The molecule has 0 fully saturated rings. The second kappa shape index (κ2) is 6.59. The molecule has 5 heteroatoms. The van der Waals surface area contributed by atoms with Crippen LogP contribution in [0.2, 0.25) is 0 Å². The summed E-state index contributed by atoms with van der Waals surface area (Å²) in [6, 6.07) is 12.2. The van der Waals surface area contributed by atoms with Crippen LogP contribution in [0, 0.1) is 5.92 Å². The molecule has 4 N–H and O–H groups in total. The second-order valence-electron chi connectivity index (χ2n) is 6.78. The van der Waals surface area contributed by atoms with Gasteiger partial charge in [-0.15, -0.1) is 0 Å². The number of carbonyl (C=O) groups excluding carboxylic acids is 1. The van der Waals surface area contributed by atoms with E-state index >= 15 is 0 Å². The van der Waals surface area contributed by atoms with Gasteiger partial charge in [0.05, 0.1) is 22.9 Å². The maximum atomic E-state index is 12.4. The maximum absolute atomic E-state index is 12.4. The van der Waals surface area contributed by atoms with Crippen molar-refractivity contribution in [2.45, 2.75) is 25.7 Å². The van der Waals surface area contributed by atoms with Crippen molar-refractivity contribution >= 4 is 22.6 Å². The first kappa shape index (κ1) is 15.7. The van der Waals surface area contributed by atoms with Crippen molar-refractivity contribution in [1.29, 1.82) is 0 Å². The van der Waals surface area contributed by atoms with Gasteiger partial charge in [0.15, 0.2) is 0 Å². The van der Waals surface area contributed by atoms with Crippen LogP contribution in [0.1, 0.15) is 34.3 Å². The van der Waals surface area contributed by atoms with Gasteiger partial charge in [0.2, 0.25) is 0 Å². The first-order chi connectivity index (χ1) is 12.2. The standard InChI is InChI=1S/C20H22N4O/c21-17-11-19-18(23-12-24-19)10-16(17)20(25)22-8-7-13-5-6-14-3-1-2-4-15(14)9-13/h1-4,10-13H,5-9,21H2,(H,22,25)(H,23,24). The van der Waals surface area contributed by atoms with Gasteiger partial charge in [0.25, 0.3) is 5.91 Å². The van der Waals surface area contributed by atoms with Gasteiger partial charge in [-0.1, -0.05) is 24.3 Å². The van der Waals surface area contributed by atoms with Crippen LogP contribution in [0.4, 0.5) is 5.69 Å². The quantitative estimate of drug-likeness (QED) is 0.641. The van der Waals surface area contributed by atoms with Gasteiger partial charge in [-0.05, 0) is 54.9 Å². The number of nitrogens with two attached hydrogens (primary N) is 1. The number of fused-ring (bicyclic) bond motifs is 2. The highest BCUT2D eigenvalue weighted by molar-refractivity contribution is 6.02. The lowest BCUT2D eigenvalue weighted by Crippen LogP contribution is -2.28. The van der Waals surface area contributed by atoms with E-state index in [1.165, 1.54) is 17.5 Å². The van der Waals surface area contributed by atoms with Crippen molar-refractivity contribution in [2.75, 3.05) is 12.3 Å².